The lowest BCUT2D eigenvalue weighted by Gasteiger charge is -2.04. The second-order valence-corrected chi connectivity index (χ2v) is 2.88. The van der Waals surface area contributed by atoms with Crippen molar-refractivity contribution in [2.45, 2.75) is 12.5 Å². The quantitative estimate of drug-likeness (QED) is 0.507. The third-order valence-electron chi connectivity index (χ3n) is 2.27. The van der Waals surface area contributed by atoms with Crippen LogP contribution in [0.4, 0.5) is 0 Å². The van der Waals surface area contributed by atoms with Gasteiger partial charge in [0, 0.05) is 0 Å². The van der Waals surface area contributed by atoms with Crippen LogP contribution in [0.2, 0.25) is 0 Å². The van der Waals surface area contributed by atoms with Gasteiger partial charge >= 0.3 is 5.97 Å². The van der Waals surface area contributed by atoms with Gasteiger partial charge in [-0.2, -0.15) is 0 Å². The first kappa shape index (κ1) is 5.23. The van der Waals surface area contributed by atoms with Crippen molar-refractivity contribution in [2.75, 3.05) is 6.54 Å². The Morgan fingerprint density at radius 2 is 2.44 bits per heavy atom. The standard InChI is InChI=1S/C6H9NO2/c8-6(9)5-4-1-3(4)2-7-5/h3-5,7H,1-2H2,(H,8,9)/t3-,4?,5?/m0/s1. The predicted octanol–water partition coefficient (Wildman–Crippen LogP) is -0.321. The van der Waals surface area contributed by atoms with Crippen molar-refractivity contribution in [3.05, 3.63) is 0 Å². The van der Waals surface area contributed by atoms with Crippen molar-refractivity contribution in [3.63, 3.8) is 0 Å². The van der Waals surface area contributed by atoms with Crippen molar-refractivity contribution >= 4 is 5.97 Å². The van der Waals surface area contributed by atoms with Crippen LogP contribution in [0.5, 0.6) is 0 Å². The molecule has 9 heavy (non-hydrogen) atoms. The van der Waals surface area contributed by atoms with E-state index in [1.165, 1.54) is 0 Å². The van der Waals surface area contributed by atoms with Crippen LogP contribution in [0.25, 0.3) is 0 Å². The lowest BCUT2D eigenvalue weighted by atomic mass is 10.2. The van der Waals surface area contributed by atoms with E-state index in [0.29, 0.717) is 11.8 Å². The van der Waals surface area contributed by atoms with E-state index >= 15 is 0 Å². The lowest BCUT2D eigenvalue weighted by molar-refractivity contribution is -0.139. The topological polar surface area (TPSA) is 49.3 Å². The predicted molar refractivity (Wildman–Crippen MR) is 31.0 cm³/mol. The minimum Gasteiger partial charge on any atom is -0.480 e. The summed E-state index contributed by atoms with van der Waals surface area (Å²) in [5, 5.41) is 11.5. The van der Waals surface area contributed by atoms with Crippen molar-refractivity contribution in [1.82, 2.24) is 5.32 Å². The Kier molecular flexibility index (Phi) is 0.858. The third kappa shape index (κ3) is 0.645. The number of hydrogen-bond donors (Lipinski definition) is 2. The molecule has 0 amide bonds. The zero-order valence-electron chi connectivity index (χ0n) is 5.00. The highest BCUT2D eigenvalue weighted by molar-refractivity contribution is 5.75. The number of carboxylic acid groups (broad SMARTS) is 1. The fraction of sp³-hybridized carbons (Fsp3) is 0.833. The molecule has 2 N–H and O–H groups in total. The molecule has 0 aromatic carbocycles. The number of rotatable bonds is 1. The average Bonchev–Trinajstić information content (AvgIpc) is 2.43. The molecule has 2 aliphatic rings. The van der Waals surface area contributed by atoms with Gasteiger partial charge in [0.1, 0.15) is 6.04 Å². The number of fused-ring (bicyclic) bond motifs is 1. The summed E-state index contributed by atoms with van der Waals surface area (Å²) in [6.45, 7) is 0.918. The van der Waals surface area contributed by atoms with Gasteiger partial charge in [0.05, 0.1) is 0 Å². The van der Waals surface area contributed by atoms with Crippen LogP contribution in [0.15, 0.2) is 0 Å². The van der Waals surface area contributed by atoms with Crippen LogP contribution in [-0.4, -0.2) is 23.7 Å². The van der Waals surface area contributed by atoms with Crippen LogP contribution in [0.1, 0.15) is 6.42 Å². The van der Waals surface area contributed by atoms with Gasteiger partial charge in [0.2, 0.25) is 0 Å². The normalized spacial score (nSPS) is 46.4. The molecule has 2 fully saturated rings. The molecule has 0 aromatic rings. The Morgan fingerprint density at radius 3 is 2.67 bits per heavy atom. The molecule has 1 saturated carbocycles. The molecular weight excluding hydrogens is 118 g/mol. The third-order valence-corrected chi connectivity index (χ3v) is 2.27. The van der Waals surface area contributed by atoms with E-state index < -0.39 is 5.97 Å². The Hall–Kier alpha value is -0.570. The van der Waals surface area contributed by atoms with Crippen molar-refractivity contribution in [3.8, 4) is 0 Å². The lowest BCUT2D eigenvalue weighted by Crippen LogP contribution is -2.34. The first-order valence-corrected chi connectivity index (χ1v) is 3.25. The molecule has 2 unspecified atom stereocenters. The zero-order chi connectivity index (χ0) is 6.43. The van der Waals surface area contributed by atoms with Gasteiger partial charge in [0.15, 0.2) is 0 Å². The number of aliphatic carboxylic acids is 1. The highest BCUT2D eigenvalue weighted by Gasteiger charge is 2.51. The van der Waals surface area contributed by atoms with Crippen molar-refractivity contribution in [1.29, 1.82) is 0 Å². The van der Waals surface area contributed by atoms with Crippen LogP contribution >= 0.6 is 0 Å². The van der Waals surface area contributed by atoms with E-state index in [2.05, 4.69) is 5.32 Å². The van der Waals surface area contributed by atoms with Crippen LogP contribution in [-0.2, 0) is 4.79 Å². The molecule has 2 rings (SSSR count). The molecule has 0 radical (unpaired) electrons. The maximum Gasteiger partial charge on any atom is 0.320 e. The second kappa shape index (κ2) is 1.48. The van der Waals surface area contributed by atoms with Gasteiger partial charge in [-0.3, -0.25) is 4.79 Å². The van der Waals surface area contributed by atoms with E-state index in [1.54, 1.807) is 0 Å². The fourth-order valence-electron chi connectivity index (χ4n) is 1.61. The van der Waals surface area contributed by atoms with Crippen molar-refractivity contribution < 1.29 is 9.90 Å². The van der Waals surface area contributed by atoms with Gasteiger partial charge < -0.3 is 10.4 Å². The number of hydrogen-bond acceptors (Lipinski definition) is 2. The Bertz CT molecular complexity index is 157. The first-order valence-electron chi connectivity index (χ1n) is 3.25. The highest BCUT2D eigenvalue weighted by Crippen LogP contribution is 2.44. The number of nitrogens with one attached hydrogen (secondary N) is 1. The number of piperidine rings is 1. The summed E-state index contributed by atoms with van der Waals surface area (Å²) in [7, 11) is 0. The van der Waals surface area contributed by atoms with Crippen LogP contribution in [0.3, 0.4) is 0 Å². The van der Waals surface area contributed by atoms with Gasteiger partial charge in [-0.05, 0) is 24.8 Å². The highest BCUT2D eigenvalue weighted by atomic mass is 16.4. The van der Waals surface area contributed by atoms with Gasteiger partial charge in [-0.1, -0.05) is 0 Å². The van der Waals surface area contributed by atoms with Gasteiger partial charge in [0.25, 0.3) is 0 Å². The Balaban J connectivity index is 2.06. The molecule has 3 nitrogen and oxygen atoms in total. The summed E-state index contributed by atoms with van der Waals surface area (Å²) in [6, 6.07) is -0.227. The second-order valence-electron chi connectivity index (χ2n) is 2.88. The van der Waals surface area contributed by atoms with Crippen LogP contribution in [0, 0.1) is 11.8 Å². The minimum atomic E-state index is -0.681. The molecule has 1 heterocycles. The summed E-state index contributed by atoms with van der Waals surface area (Å²) < 4.78 is 0. The van der Waals surface area contributed by atoms with Crippen molar-refractivity contribution in [2.24, 2.45) is 11.8 Å². The Labute approximate surface area is 53.1 Å². The maximum atomic E-state index is 10.4. The molecule has 1 aliphatic heterocycles. The van der Waals surface area contributed by atoms with E-state index in [9.17, 15) is 4.79 Å². The molecule has 0 bridgehead atoms. The summed E-state index contributed by atoms with van der Waals surface area (Å²) in [5.41, 5.74) is 0. The Morgan fingerprint density at radius 1 is 1.67 bits per heavy atom. The fourth-order valence-corrected chi connectivity index (χ4v) is 1.61. The van der Waals surface area contributed by atoms with E-state index in [1.807, 2.05) is 0 Å². The molecule has 1 aliphatic carbocycles. The molecule has 0 aromatic heterocycles. The smallest absolute Gasteiger partial charge is 0.320 e. The molecule has 3 atom stereocenters. The van der Waals surface area contributed by atoms with Gasteiger partial charge in [-0.25, -0.2) is 0 Å². The van der Waals surface area contributed by atoms with Gasteiger partial charge in [-0.15, -0.1) is 0 Å². The van der Waals surface area contributed by atoms with E-state index in [-0.39, 0.29) is 6.04 Å². The molecule has 3 heteroatoms. The van der Waals surface area contributed by atoms with Crippen LogP contribution < -0.4 is 5.32 Å². The van der Waals surface area contributed by atoms with E-state index in [4.69, 9.17) is 5.11 Å². The summed E-state index contributed by atoms with van der Waals surface area (Å²) >= 11 is 0. The first-order chi connectivity index (χ1) is 4.29. The molecule has 50 valence electrons. The minimum absolute atomic E-state index is 0.227. The summed E-state index contributed by atoms with van der Waals surface area (Å²) in [6.07, 6.45) is 1.13. The summed E-state index contributed by atoms with van der Waals surface area (Å²) in [5.74, 6) is 0.466. The number of carbonyl (C=O) groups is 1. The SMILES string of the molecule is O=C(O)C1NC[C@@H]2CC12. The van der Waals surface area contributed by atoms with E-state index in [0.717, 1.165) is 13.0 Å². The average molecular weight is 127 g/mol. The zero-order valence-corrected chi connectivity index (χ0v) is 5.00. The maximum absolute atomic E-state index is 10.4. The number of carboxylic acids is 1. The summed E-state index contributed by atoms with van der Waals surface area (Å²) in [4.78, 5) is 10.4. The monoisotopic (exact) mass is 127 g/mol. The largest absolute Gasteiger partial charge is 0.480 e. The molecular formula is C6H9NO2. The molecule has 0 spiro atoms. The molecule has 1 saturated heterocycles.